The first kappa shape index (κ1) is 23.8. The van der Waals surface area contributed by atoms with Crippen LogP contribution >= 0.6 is 0 Å². The van der Waals surface area contributed by atoms with E-state index in [9.17, 15) is 4.79 Å². The minimum absolute atomic E-state index is 0.0513. The summed E-state index contributed by atoms with van der Waals surface area (Å²) in [4.78, 5) is 20.7. The molecule has 1 unspecified atom stereocenters. The second-order valence-electron chi connectivity index (χ2n) is 8.04. The molecule has 0 fully saturated rings. The van der Waals surface area contributed by atoms with E-state index in [1.807, 2.05) is 42.5 Å². The highest BCUT2D eigenvalue weighted by Gasteiger charge is 2.11. The molecule has 1 aliphatic carbocycles. The number of hydrogen-bond acceptors (Lipinski definition) is 4. The first-order valence-electron chi connectivity index (χ1n) is 11.6. The Morgan fingerprint density at radius 1 is 0.857 bits per heavy atom. The average molecular weight is 460 g/mol. The summed E-state index contributed by atoms with van der Waals surface area (Å²) >= 11 is 0. The summed E-state index contributed by atoms with van der Waals surface area (Å²) in [5.74, 6) is 18.6. The Labute approximate surface area is 206 Å². The summed E-state index contributed by atoms with van der Waals surface area (Å²) in [6.07, 6.45) is 11.7. The molecule has 1 aliphatic rings. The van der Waals surface area contributed by atoms with Crippen LogP contribution in [0.4, 0.5) is 5.69 Å². The maximum Gasteiger partial charge on any atom is 0.250 e. The molecule has 5 heteroatoms. The molecule has 0 spiro atoms. The third kappa shape index (κ3) is 8.17. The molecular formula is C30H25N3O2. The average Bonchev–Trinajstić information content (AvgIpc) is 2.87. The third-order valence-corrected chi connectivity index (χ3v) is 5.23. The van der Waals surface area contributed by atoms with Gasteiger partial charge in [0.15, 0.2) is 0 Å². The van der Waals surface area contributed by atoms with E-state index < -0.39 is 0 Å². The normalized spacial score (nSPS) is 14.5. The fourth-order valence-corrected chi connectivity index (χ4v) is 3.48. The summed E-state index contributed by atoms with van der Waals surface area (Å²) in [5, 5.41) is 2.92. The highest BCUT2D eigenvalue weighted by Crippen LogP contribution is 2.16. The van der Waals surface area contributed by atoms with Gasteiger partial charge in [-0.3, -0.25) is 14.8 Å². The summed E-state index contributed by atoms with van der Waals surface area (Å²) in [5.41, 5.74) is 3.80. The van der Waals surface area contributed by atoms with Crippen molar-refractivity contribution in [3.8, 4) is 35.5 Å². The third-order valence-electron chi connectivity index (χ3n) is 5.23. The zero-order valence-corrected chi connectivity index (χ0v) is 19.4. The SMILES string of the molecule is O=C(COC1C#CCCCCC1)Nc1cc(C#Cc2ccncc2)cc(C#Cc2ccncc2)c1. The summed E-state index contributed by atoms with van der Waals surface area (Å²) in [7, 11) is 0. The molecule has 0 aliphatic heterocycles. The number of amides is 1. The molecule has 0 saturated heterocycles. The lowest BCUT2D eigenvalue weighted by Crippen LogP contribution is -2.23. The molecule has 3 aromatic rings. The van der Waals surface area contributed by atoms with Crippen molar-refractivity contribution >= 4 is 11.6 Å². The number of carbonyl (C=O) groups is 1. The zero-order valence-electron chi connectivity index (χ0n) is 19.4. The molecule has 2 heterocycles. The second kappa shape index (κ2) is 12.8. The van der Waals surface area contributed by atoms with Crippen LogP contribution in [0, 0.1) is 35.5 Å². The predicted octanol–water partition coefficient (Wildman–Crippen LogP) is 4.57. The number of nitrogens with one attached hydrogen (secondary N) is 1. The smallest absolute Gasteiger partial charge is 0.250 e. The number of rotatable bonds is 4. The van der Waals surface area contributed by atoms with Gasteiger partial charge >= 0.3 is 0 Å². The summed E-state index contributed by atoms with van der Waals surface area (Å²) in [6, 6.07) is 12.9. The summed E-state index contributed by atoms with van der Waals surface area (Å²) in [6.45, 7) is -0.0513. The van der Waals surface area contributed by atoms with Crippen molar-refractivity contribution < 1.29 is 9.53 Å². The Hall–Kier alpha value is -4.37. The largest absolute Gasteiger partial charge is 0.356 e. The van der Waals surface area contributed by atoms with Crippen molar-refractivity contribution in [2.45, 2.75) is 38.2 Å². The van der Waals surface area contributed by atoms with Gasteiger partial charge in [0.2, 0.25) is 5.91 Å². The van der Waals surface area contributed by atoms with Crippen LogP contribution in [0.1, 0.15) is 54.4 Å². The lowest BCUT2D eigenvalue weighted by atomic mass is 10.1. The number of nitrogens with zero attached hydrogens (tertiary/aromatic N) is 2. The minimum Gasteiger partial charge on any atom is -0.356 e. The molecule has 5 nitrogen and oxygen atoms in total. The van der Waals surface area contributed by atoms with Crippen molar-refractivity contribution in [1.29, 1.82) is 0 Å². The van der Waals surface area contributed by atoms with Gasteiger partial charge in [-0.2, -0.15) is 0 Å². The highest BCUT2D eigenvalue weighted by atomic mass is 16.5. The molecular weight excluding hydrogens is 434 g/mol. The number of aromatic nitrogens is 2. The molecule has 35 heavy (non-hydrogen) atoms. The molecule has 2 aromatic heterocycles. The quantitative estimate of drug-likeness (QED) is 0.581. The van der Waals surface area contributed by atoms with Gasteiger partial charge < -0.3 is 10.1 Å². The van der Waals surface area contributed by atoms with Crippen molar-refractivity contribution in [1.82, 2.24) is 9.97 Å². The number of pyridine rings is 2. The maximum atomic E-state index is 12.6. The van der Waals surface area contributed by atoms with E-state index in [1.165, 1.54) is 0 Å². The van der Waals surface area contributed by atoms with Gasteiger partial charge in [0, 0.05) is 59.1 Å². The van der Waals surface area contributed by atoms with E-state index in [0.29, 0.717) is 5.69 Å². The van der Waals surface area contributed by atoms with Gasteiger partial charge in [0.25, 0.3) is 0 Å². The minimum atomic E-state index is -0.235. The highest BCUT2D eigenvalue weighted by molar-refractivity contribution is 5.92. The number of hydrogen-bond donors (Lipinski definition) is 1. The van der Waals surface area contributed by atoms with Crippen molar-refractivity contribution in [3.63, 3.8) is 0 Å². The first-order valence-corrected chi connectivity index (χ1v) is 11.6. The molecule has 1 atom stereocenters. The van der Waals surface area contributed by atoms with Crippen LogP contribution in [0.15, 0.2) is 67.3 Å². The number of benzene rings is 1. The Kier molecular flexibility index (Phi) is 8.67. The second-order valence-corrected chi connectivity index (χ2v) is 8.04. The molecule has 1 N–H and O–H groups in total. The van der Waals surface area contributed by atoms with Gasteiger partial charge in [-0.15, -0.1) is 5.92 Å². The van der Waals surface area contributed by atoms with E-state index in [-0.39, 0.29) is 18.6 Å². The summed E-state index contributed by atoms with van der Waals surface area (Å²) < 4.78 is 5.77. The fraction of sp³-hybridized carbons (Fsp3) is 0.233. The lowest BCUT2D eigenvalue weighted by molar-refractivity contribution is -0.121. The van der Waals surface area contributed by atoms with Gasteiger partial charge in [0.1, 0.15) is 12.7 Å². The van der Waals surface area contributed by atoms with Crippen LogP contribution in [-0.4, -0.2) is 28.6 Å². The van der Waals surface area contributed by atoms with Crippen LogP contribution in [0.5, 0.6) is 0 Å². The Morgan fingerprint density at radius 2 is 1.46 bits per heavy atom. The van der Waals surface area contributed by atoms with E-state index in [1.54, 1.807) is 24.8 Å². The number of carbonyl (C=O) groups excluding carboxylic acids is 1. The van der Waals surface area contributed by atoms with E-state index >= 15 is 0 Å². The van der Waals surface area contributed by atoms with E-state index in [2.05, 4.69) is 50.8 Å². The zero-order chi connectivity index (χ0) is 24.1. The fourth-order valence-electron chi connectivity index (χ4n) is 3.48. The first-order chi connectivity index (χ1) is 17.2. The molecule has 0 saturated carbocycles. The van der Waals surface area contributed by atoms with Crippen LogP contribution in [0.2, 0.25) is 0 Å². The van der Waals surface area contributed by atoms with Crippen LogP contribution in [-0.2, 0) is 9.53 Å². The van der Waals surface area contributed by atoms with E-state index in [4.69, 9.17) is 4.74 Å². The van der Waals surface area contributed by atoms with Crippen LogP contribution < -0.4 is 5.32 Å². The monoisotopic (exact) mass is 459 g/mol. The van der Waals surface area contributed by atoms with Crippen LogP contribution in [0.25, 0.3) is 0 Å². The molecule has 1 aromatic carbocycles. The Bertz CT molecular complexity index is 1260. The van der Waals surface area contributed by atoms with Gasteiger partial charge in [-0.25, -0.2) is 0 Å². The van der Waals surface area contributed by atoms with E-state index in [0.717, 1.165) is 54.4 Å². The Balaban J connectivity index is 1.51. The topological polar surface area (TPSA) is 64.1 Å². The molecule has 4 rings (SSSR count). The van der Waals surface area contributed by atoms with Gasteiger partial charge in [-0.05, 0) is 61.7 Å². The molecule has 0 bridgehead atoms. The molecule has 0 radical (unpaired) electrons. The van der Waals surface area contributed by atoms with Crippen molar-refractivity contribution in [2.24, 2.45) is 0 Å². The van der Waals surface area contributed by atoms with Crippen molar-refractivity contribution in [2.75, 3.05) is 11.9 Å². The Morgan fingerprint density at radius 3 is 2.09 bits per heavy atom. The maximum absolute atomic E-state index is 12.6. The van der Waals surface area contributed by atoms with Crippen molar-refractivity contribution in [3.05, 3.63) is 89.5 Å². The predicted molar refractivity (Wildman–Crippen MR) is 136 cm³/mol. The lowest BCUT2D eigenvalue weighted by Gasteiger charge is -2.14. The number of ether oxygens (including phenoxy) is 1. The molecule has 172 valence electrons. The number of anilines is 1. The van der Waals surface area contributed by atoms with Gasteiger partial charge in [0.05, 0.1) is 0 Å². The standard InChI is InChI=1S/C30H25N3O2/c34-30(23-35-29-6-4-2-1-3-5-7-29)33-28-21-26(10-8-24-12-16-31-17-13-24)20-27(22-28)11-9-25-14-18-32-19-15-25/h12-22,29H,1-4,6,23H2,(H,33,34). The van der Waals surface area contributed by atoms with Gasteiger partial charge in [-0.1, -0.05) is 36.0 Å². The van der Waals surface area contributed by atoms with Crippen LogP contribution in [0.3, 0.4) is 0 Å². The molecule has 1 amide bonds.